The van der Waals surface area contributed by atoms with Crippen molar-refractivity contribution in [1.29, 1.82) is 0 Å². The number of aliphatic hydroxyl groups is 2. The van der Waals surface area contributed by atoms with Crippen molar-refractivity contribution in [2.75, 3.05) is 43.5 Å². The van der Waals surface area contributed by atoms with Crippen LogP contribution >= 0.6 is 0 Å². The fraction of sp³-hybridized carbons (Fsp3) is 0.500. The van der Waals surface area contributed by atoms with Gasteiger partial charge < -0.3 is 20.7 Å². The number of rotatable bonds is 12. The van der Waals surface area contributed by atoms with Crippen LogP contribution in [0, 0.1) is 0 Å². The molecule has 0 aliphatic carbocycles. The number of carbonyl (C=O) groups excluding carboxylic acids is 1. The number of ether oxygens (including phenoxy) is 1. The van der Waals surface area contributed by atoms with Gasteiger partial charge >= 0.3 is 6.01 Å². The number of fused-ring (bicyclic) bond motifs is 1. The summed E-state index contributed by atoms with van der Waals surface area (Å²) >= 11 is 0. The van der Waals surface area contributed by atoms with Gasteiger partial charge in [0, 0.05) is 25.2 Å². The van der Waals surface area contributed by atoms with E-state index in [2.05, 4.69) is 16.9 Å². The molecule has 0 unspecified atom stereocenters. The van der Waals surface area contributed by atoms with E-state index in [-0.39, 0.29) is 37.4 Å². The van der Waals surface area contributed by atoms with Crippen molar-refractivity contribution in [2.24, 2.45) is 0 Å². The first-order valence-electron chi connectivity index (χ1n) is 10.7. The van der Waals surface area contributed by atoms with Crippen molar-refractivity contribution in [3.63, 3.8) is 0 Å². The van der Waals surface area contributed by atoms with Gasteiger partial charge in [-0.15, -0.1) is 0 Å². The molecule has 3 rings (SSSR count). The largest absolute Gasteiger partial charge is 0.463 e. The summed E-state index contributed by atoms with van der Waals surface area (Å²) in [5.41, 5.74) is 8.74. The van der Waals surface area contributed by atoms with Crippen molar-refractivity contribution >= 4 is 17.5 Å². The SMILES string of the molecule is CCCCOc1nc(N)c2c(n1)N(Cc1ccc(CN(CCO)CCO)cc1)C(=O)C2. The number of anilines is 2. The molecule has 2 aromatic rings. The average molecular weight is 430 g/mol. The first-order chi connectivity index (χ1) is 15.0. The van der Waals surface area contributed by atoms with Crippen molar-refractivity contribution in [3.8, 4) is 6.01 Å². The molecule has 0 atom stereocenters. The summed E-state index contributed by atoms with van der Waals surface area (Å²) in [7, 11) is 0. The van der Waals surface area contributed by atoms with E-state index in [0.717, 1.165) is 24.0 Å². The van der Waals surface area contributed by atoms with Gasteiger partial charge in [-0.3, -0.25) is 14.6 Å². The minimum atomic E-state index is -0.0668. The smallest absolute Gasteiger partial charge is 0.320 e. The predicted octanol–water partition coefficient (Wildman–Crippen LogP) is 1.11. The van der Waals surface area contributed by atoms with Crippen LogP contribution in [0.25, 0.3) is 0 Å². The van der Waals surface area contributed by atoms with Gasteiger partial charge in [-0.25, -0.2) is 0 Å². The fourth-order valence-electron chi connectivity index (χ4n) is 3.50. The van der Waals surface area contributed by atoms with Gasteiger partial charge in [0.05, 0.1) is 32.8 Å². The summed E-state index contributed by atoms with van der Waals surface area (Å²) in [6.45, 7) is 4.70. The summed E-state index contributed by atoms with van der Waals surface area (Å²) < 4.78 is 5.60. The second kappa shape index (κ2) is 11.0. The number of aromatic nitrogens is 2. The van der Waals surface area contributed by atoms with Crippen LogP contribution in [0.15, 0.2) is 24.3 Å². The molecule has 168 valence electrons. The van der Waals surface area contributed by atoms with Crippen molar-refractivity contribution in [2.45, 2.75) is 39.3 Å². The third kappa shape index (κ3) is 5.90. The maximum Gasteiger partial charge on any atom is 0.320 e. The normalized spacial score (nSPS) is 13.2. The van der Waals surface area contributed by atoms with E-state index in [4.69, 9.17) is 20.7 Å². The van der Waals surface area contributed by atoms with E-state index in [1.165, 1.54) is 0 Å². The quantitative estimate of drug-likeness (QED) is 0.429. The van der Waals surface area contributed by atoms with Crippen LogP contribution in [-0.2, 0) is 24.3 Å². The Bertz CT molecular complexity index is 869. The number of nitrogens with two attached hydrogens (primary N) is 1. The van der Waals surface area contributed by atoms with Crippen LogP contribution in [0.5, 0.6) is 6.01 Å². The molecule has 1 aliphatic rings. The molecule has 0 spiro atoms. The topological polar surface area (TPSA) is 125 Å². The second-order valence-corrected chi connectivity index (χ2v) is 7.59. The molecule has 2 heterocycles. The Kier molecular flexibility index (Phi) is 8.16. The van der Waals surface area contributed by atoms with Crippen LogP contribution in [0.4, 0.5) is 11.6 Å². The summed E-state index contributed by atoms with van der Waals surface area (Å²) in [4.78, 5) is 24.9. The number of amides is 1. The van der Waals surface area contributed by atoms with E-state index < -0.39 is 0 Å². The Morgan fingerprint density at radius 2 is 1.81 bits per heavy atom. The highest BCUT2D eigenvalue weighted by atomic mass is 16.5. The molecule has 0 saturated carbocycles. The van der Waals surface area contributed by atoms with Gasteiger partial charge in [0.2, 0.25) is 5.91 Å². The molecule has 0 bridgehead atoms. The summed E-state index contributed by atoms with van der Waals surface area (Å²) in [6, 6.07) is 8.13. The molecule has 1 aliphatic heterocycles. The van der Waals surface area contributed by atoms with Crippen LogP contribution < -0.4 is 15.4 Å². The number of nitrogens with zero attached hydrogens (tertiary/aromatic N) is 4. The number of carbonyl (C=O) groups is 1. The molecule has 0 radical (unpaired) electrons. The monoisotopic (exact) mass is 429 g/mol. The average Bonchev–Trinajstić information content (AvgIpc) is 3.06. The third-order valence-corrected chi connectivity index (χ3v) is 5.21. The molecule has 0 fully saturated rings. The molecule has 1 amide bonds. The number of nitrogen functional groups attached to an aromatic ring is 1. The second-order valence-electron chi connectivity index (χ2n) is 7.59. The Morgan fingerprint density at radius 1 is 1.13 bits per heavy atom. The van der Waals surface area contributed by atoms with Crippen LogP contribution in [0.1, 0.15) is 36.5 Å². The van der Waals surface area contributed by atoms with Crippen LogP contribution in [0.2, 0.25) is 0 Å². The Morgan fingerprint density at radius 3 is 2.45 bits per heavy atom. The Balaban J connectivity index is 1.71. The fourth-order valence-corrected chi connectivity index (χ4v) is 3.50. The molecule has 0 saturated heterocycles. The Hall–Kier alpha value is -2.75. The first-order valence-corrected chi connectivity index (χ1v) is 10.7. The minimum absolute atomic E-state index is 0.0453. The van der Waals surface area contributed by atoms with Crippen molar-refractivity contribution in [3.05, 3.63) is 41.0 Å². The molecular weight excluding hydrogens is 398 g/mol. The number of benzene rings is 1. The van der Waals surface area contributed by atoms with E-state index in [1.807, 2.05) is 29.2 Å². The standard InChI is InChI=1S/C22H31N5O4/c1-2-3-12-31-22-24-20(23)18-13-19(30)27(21(18)25-22)15-17-6-4-16(5-7-17)14-26(8-10-28)9-11-29/h4-7,28-29H,2-3,8-15H2,1H3,(H2,23,24,25). The van der Waals surface area contributed by atoms with Crippen molar-refractivity contribution < 1.29 is 19.7 Å². The molecule has 9 heteroatoms. The lowest BCUT2D eigenvalue weighted by Crippen LogP contribution is -2.29. The van der Waals surface area contributed by atoms with E-state index in [1.54, 1.807) is 4.90 Å². The molecule has 1 aromatic heterocycles. The molecule has 4 N–H and O–H groups in total. The first kappa shape index (κ1) is 22.9. The van der Waals surface area contributed by atoms with Gasteiger partial charge in [-0.2, -0.15) is 9.97 Å². The lowest BCUT2D eigenvalue weighted by Gasteiger charge is -2.21. The minimum Gasteiger partial charge on any atom is -0.463 e. The van der Waals surface area contributed by atoms with E-state index in [0.29, 0.717) is 44.2 Å². The summed E-state index contributed by atoms with van der Waals surface area (Å²) in [6.07, 6.45) is 2.08. The van der Waals surface area contributed by atoms with Crippen LogP contribution in [-0.4, -0.2) is 63.9 Å². The predicted molar refractivity (Wildman–Crippen MR) is 118 cm³/mol. The number of hydrogen-bond acceptors (Lipinski definition) is 8. The van der Waals surface area contributed by atoms with E-state index >= 15 is 0 Å². The van der Waals surface area contributed by atoms with Gasteiger partial charge in [-0.05, 0) is 17.5 Å². The number of aliphatic hydroxyl groups excluding tert-OH is 2. The zero-order chi connectivity index (χ0) is 22.2. The van der Waals surface area contributed by atoms with Crippen LogP contribution in [0.3, 0.4) is 0 Å². The summed E-state index contributed by atoms with van der Waals surface area (Å²) in [5, 5.41) is 18.3. The lowest BCUT2D eigenvalue weighted by molar-refractivity contribution is -0.117. The van der Waals surface area contributed by atoms with Gasteiger partial charge in [0.1, 0.15) is 11.6 Å². The van der Waals surface area contributed by atoms with E-state index in [9.17, 15) is 4.79 Å². The van der Waals surface area contributed by atoms with Gasteiger partial charge in [0.25, 0.3) is 0 Å². The zero-order valence-electron chi connectivity index (χ0n) is 18.0. The lowest BCUT2D eigenvalue weighted by atomic mass is 10.1. The molecule has 1 aromatic carbocycles. The maximum absolute atomic E-state index is 12.6. The Labute approximate surface area is 182 Å². The summed E-state index contributed by atoms with van der Waals surface area (Å²) in [5.74, 6) is 0.739. The highest BCUT2D eigenvalue weighted by Gasteiger charge is 2.32. The third-order valence-electron chi connectivity index (χ3n) is 5.21. The van der Waals surface area contributed by atoms with Gasteiger partial charge in [-0.1, -0.05) is 37.6 Å². The zero-order valence-corrected chi connectivity index (χ0v) is 18.0. The van der Waals surface area contributed by atoms with Crippen molar-refractivity contribution in [1.82, 2.24) is 14.9 Å². The molecule has 31 heavy (non-hydrogen) atoms. The number of unbranched alkanes of at least 4 members (excludes halogenated alkanes) is 1. The molecular formula is C22H31N5O4. The number of hydrogen-bond donors (Lipinski definition) is 3. The maximum atomic E-state index is 12.6. The highest BCUT2D eigenvalue weighted by molar-refractivity contribution is 6.01. The van der Waals surface area contributed by atoms with Gasteiger partial charge in [0.15, 0.2) is 0 Å². The molecule has 9 nitrogen and oxygen atoms in total. The highest BCUT2D eigenvalue weighted by Crippen LogP contribution is 2.33.